The third-order valence-electron chi connectivity index (χ3n) is 3.53. The minimum Gasteiger partial charge on any atom is -0.378 e. The molecule has 0 aliphatic heterocycles. The highest BCUT2D eigenvalue weighted by Gasteiger charge is 1.98. The fourth-order valence-corrected chi connectivity index (χ4v) is 2.27. The van der Waals surface area contributed by atoms with Gasteiger partial charge in [-0.05, 0) is 48.0 Å². The van der Waals surface area contributed by atoms with Crippen molar-refractivity contribution < 1.29 is 4.39 Å². The van der Waals surface area contributed by atoms with Crippen LogP contribution in [-0.4, -0.2) is 19.1 Å². The van der Waals surface area contributed by atoms with Gasteiger partial charge in [0.15, 0.2) is 0 Å². The van der Waals surface area contributed by atoms with E-state index in [4.69, 9.17) is 0 Å². The van der Waals surface area contributed by atoms with Gasteiger partial charge in [0, 0.05) is 25.2 Å². The Hall–Kier alpha value is -2.68. The molecule has 0 unspecified atom stereocenters. The molecule has 1 aromatic heterocycles. The summed E-state index contributed by atoms with van der Waals surface area (Å²) in [6.07, 6.45) is 3.99. The van der Waals surface area contributed by atoms with Crippen molar-refractivity contribution in [1.82, 2.24) is 4.98 Å². The molecule has 2 aromatic carbocycles. The van der Waals surface area contributed by atoms with Crippen molar-refractivity contribution in [2.24, 2.45) is 0 Å². The maximum Gasteiger partial charge on any atom is 0.123 e. The Labute approximate surface area is 129 Å². The number of pyridine rings is 1. The number of halogens is 1. The van der Waals surface area contributed by atoms with Gasteiger partial charge in [0.1, 0.15) is 5.82 Å². The molecule has 0 spiro atoms. The van der Waals surface area contributed by atoms with Crippen LogP contribution in [0.4, 0.5) is 10.1 Å². The van der Waals surface area contributed by atoms with E-state index in [1.165, 1.54) is 17.8 Å². The lowest BCUT2D eigenvalue weighted by atomic mass is 10.1. The Morgan fingerprint density at radius 2 is 1.68 bits per heavy atom. The number of anilines is 1. The number of hydrogen-bond donors (Lipinski definition) is 0. The second kappa shape index (κ2) is 5.98. The summed E-state index contributed by atoms with van der Waals surface area (Å²) < 4.78 is 13.2. The molecule has 3 rings (SSSR count). The first-order chi connectivity index (χ1) is 10.6. The summed E-state index contributed by atoms with van der Waals surface area (Å²) >= 11 is 0. The molecule has 0 saturated carbocycles. The van der Waals surface area contributed by atoms with Gasteiger partial charge in [-0.25, -0.2) is 9.37 Å². The van der Waals surface area contributed by atoms with E-state index >= 15 is 0 Å². The lowest BCUT2D eigenvalue weighted by Gasteiger charge is -2.11. The minimum absolute atomic E-state index is 0.237. The van der Waals surface area contributed by atoms with E-state index in [1.807, 2.05) is 38.4 Å². The summed E-state index contributed by atoms with van der Waals surface area (Å²) in [7, 11) is 4.04. The van der Waals surface area contributed by atoms with Crippen LogP contribution in [0.5, 0.6) is 0 Å². The maximum atomic E-state index is 13.2. The summed E-state index contributed by atoms with van der Waals surface area (Å²) in [6.45, 7) is 0. The molecule has 0 fully saturated rings. The van der Waals surface area contributed by atoms with E-state index in [-0.39, 0.29) is 5.82 Å². The minimum atomic E-state index is -0.237. The van der Waals surface area contributed by atoms with Crippen LogP contribution >= 0.6 is 0 Å². The van der Waals surface area contributed by atoms with Crippen molar-refractivity contribution in [3.05, 3.63) is 71.7 Å². The number of rotatable bonds is 3. The second-order valence-electron chi connectivity index (χ2n) is 5.39. The zero-order chi connectivity index (χ0) is 15.5. The molecular weight excluding hydrogens is 275 g/mol. The standard InChI is InChI=1S/C19H17FN2/c1-22(2)18-10-4-14(5-11-18)3-8-17-9-6-15-13-16(20)7-12-19(15)21-17/h3-13H,1-2H3/b8-3-. The van der Waals surface area contributed by atoms with Crippen LogP contribution in [0.3, 0.4) is 0 Å². The van der Waals surface area contributed by atoms with Gasteiger partial charge in [0.25, 0.3) is 0 Å². The Morgan fingerprint density at radius 1 is 0.909 bits per heavy atom. The third-order valence-corrected chi connectivity index (χ3v) is 3.53. The highest BCUT2D eigenvalue weighted by molar-refractivity contribution is 5.81. The molecule has 0 N–H and O–H groups in total. The molecule has 0 aliphatic rings. The lowest BCUT2D eigenvalue weighted by molar-refractivity contribution is 0.629. The van der Waals surface area contributed by atoms with Crippen LogP contribution in [0.25, 0.3) is 23.1 Å². The Morgan fingerprint density at radius 3 is 2.41 bits per heavy atom. The topological polar surface area (TPSA) is 16.1 Å². The van der Waals surface area contributed by atoms with E-state index in [0.29, 0.717) is 0 Å². The highest BCUT2D eigenvalue weighted by Crippen LogP contribution is 2.17. The summed E-state index contributed by atoms with van der Waals surface area (Å²) in [4.78, 5) is 6.58. The molecule has 0 bridgehead atoms. The van der Waals surface area contributed by atoms with Crippen LogP contribution in [0, 0.1) is 5.82 Å². The summed E-state index contributed by atoms with van der Waals surface area (Å²) in [5.74, 6) is -0.237. The summed E-state index contributed by atoms with van der Waals surface area (Å²) in [5, 5.41) is 0.812. The van der Waals surface area contributed by atoms with Crippen molar-refractivity contribution in [3.8, 4) is 0 Å². The predicted molar refractivity (Wildman–Crippen MR) is 91.4 cm³/mol. The fourth-order valence-electron chi connectivity index (χ4n) is 2.27. The largest absolute Gasteiger partial charge is 0.378 e. The molecule has 0 radical (unpaired) electrons. The molecule has 3 heteroatoms. The van der Waals surface area contributed by atoms with Crippen molar-refractivity contribution in [2.75, 3.05) is 19.0 Å². The van der Waals surface area contributed by atoms with E-state index < -0.39 is 0 Å². The van der Waals surface area contributed by atoms with E-state index in [0.717, 1.165) is 22.2 Å². The molecule has 1 heterocycles. The zero-order valence-electron chi connectivity index (χ0n) is 12.6. The van der Waals surface area contributed by atoms with E-state index in [9.17, 15) is 4.39 Å². The van der Waals surface area contributed by atoms with Crippen molar-refractivity contribution in [2.45, 2.75) is 0 Å². The van der Waals surface area contributed by atoms with E-state index in [1.54, 1.807) is 6.07 Å². The Kier molecular flexibility index (Phi) is 3.88. The van der Waals surface area contributed by atoms with Crippen LogP contribution in [0.15, 0.2) is 54.6 Å². The van der Waals surface area contributed by atoms with Gasteiger partial charge in [0.2, 0.25) is 0 Å². The molecule has 0 saturated heterocycles. The molecule has 0 aliphatic carbocycles. The van der Waals surface area contributed by atoms with Crippen LogP contribution in [0.1, 0.15) is 11.3 Å². The SMILES string of the molecule is CN(C)c1ccc(/C=C\c2ccc3cc(F)ccc3n2)cc1. The number of fused-ring (bicyclic) bond motifs is 1. The highest BCUT2D eigenvalue weighted by atomic mass is 19.1. The molecular formula is C19H17FN2. The first-order valence-corrected chi connectivity index (χ1v) is 7.13. The second-order valence-corrected chi connectivity index (χ2v) is 5.39. The molecule has 3 aromatic rings. The van der Waals surface area contributed by atoms with Crippen molar-refractivity contribution in [1.29, 1.82) is 0 Å². The Balaban J connectivity index is 1.84. The first kappa shape index (κ1) is 14.3. The van der Waals surface area contributed by atoms with Gasteiger partial charge in [-0.2, -0.15) is 0 Å². The van der Waals surface area contributed by atoms with Crippen LogP contribution < -0.4 is 4.90 Å². The normalized spacial score (nSPS) is 11.2. The number of hydrogen-bond acceptors (Lipinski definition) is 2. The Bertz CT molecular complexity index is 820. The average Bonchev–Trinajstić information content (AvgIpc) is 2.53. The molecule has 0 amide bonds. The predicted octanol–water partition coefficient (Wildman–Crippen LogP) is 4.61. The summed E-state index contributed by atoms with van der Waals surface area (Å²) in [6, 6.07) is 16.7. The van der Waals surface area contributed by atoms with Gasteiger partial charge in [0.05, 0.1) is 11.2 Å². The zero-order valence-corrected chi connectivity index (χ0v) is 12.6. The number of aromatic nitrogens is 1. The van der Waals surface area contributed by atoms with Gasteiger partial charge < -0.3 is 4.90 Å². The van der Waals surface area contributed by atoms with Gasteiger partial charge in [-0.3, -0.25) is 0 Å². The molecule has 22 heavy (non-hydrogen) atoms. The quantitative estimate of drug-likeness (QED) is 0.700. The van der Waals surface area contributed by atoms with Crippen molar-refractivity contribution >= 4 is 28.7 Å². The lowest BCUT2D eigenvalue weighted by Crippen LogP contribution is -2.07. The molecule has 110 valence electrons. The average molecular weight is 292 g/mol. The van der Waals surface area contributed by atoms with Gasteiger partial charge in [-0.1, -0.05) is 24.3 Å². The van der Waals surface area contributed by atoms with Gasteiger partial charge in [-0.15, -0.1) is 0 Å². The molecule has 0 atom stereocenters. The summed E-state index contributed by atoms with van der Waals surface area (Å²) in [5.41, 5.74) is 3.94. The maximum absolute atomic E-state index is 13.2. The monoisotopic (exact) mass is 292 g/mol. The van der Waals surface area contributed by atoms with Crippen LogP contribution in [-0.2, 0) is 0 Å². The third kappa shape index (κ3) is 3.14. The van der Waals surface area contributed by atoms with Gasteiger partial charge >= 0.3 is 0 Å². The van der Waals surface area contributed by atoms with Crippen LogP contribution in [0.2, 0.25) is 0 Å². The fraction of sp³-hybridized carbons (Fsp3) is 0.105. The number of benzene rings is 2. The van der Waals surface area contributed by atoms with Crippen molar-refractivity contribution in [3.63, 3.8) is 0 Å². The number of nitrogens with zero attached hydrogens (tertiary/aromatic N) is 2. The smallest absolute Gasteiger partial charge is 0.123 e. The van der Waals surface area contributed by atoms with E-state index in [2.05, 4.69) is 34.1 Å². The molecule has 2 nitrogen and oxygen atoms in total. The first-order valence-electron chi connectivity index (χ1n) is 7.13.